The largest absolute Gasteiger partial charge is 0.508 e. The minimum absolute atomic E-state index is 0.0447. The Morgan fingerprint density at radius 1 is 1.18 bits per heavy atom. The van der Waals surface area contributed by atoms with Gasteiger partial charge in [0.2, 0.25) is 0 Å². The molecule has 6 heteroatoms. The van der Waals surface area contributed by atoms with Crippen molar-refractivity contribution in [1.29, 1.82) is 0 Å². The minimum atomic E-state index is -0.648. The highest BCUT2D eigenvalue weighted by Gasteiger charge is 2.11. The fraction of sp³-hybridized carbons (Fsp3) is 0.125. The second-order valence-corrected chi connectivity index (χ2v) is 5.06. The highest BCUT2D eigenvalue weighted by molar-refractivity contribution is 6.33. The number of benzene rings is 2. The molecule has 1 amide bonds. The Hall–Kier alpha value is -2.53. The average molecular weight is 320 g/mol. The van der Waals surface area contributed by atoms with Crippen LogP contribution in [0.15, 0.2) is 42.5 Å². The number of carbonyl (C=O) groups excluding carboxylic acids is 2. The number of rotatable bonds is 4. The lowest BCUT2D eigenvalue weighted by Crippen LogP contribution is -2.21. The van der Waals surface area contributed by atoms with Crippen LogP contribution in [0.1, 0.15) is 15.9 Å². The van der Waals surface area contributed by atoms with Gasteiger partial charge in [-0.15, -0.1) is 0 Å². The zero-order valence-electron chi connectivity index (χ0n) is 11.8. The van der Waals surface area contributed by atoms with E-state index in [9.17, 15) is 9.59 Å². The van der Waals surface area contributed by atoms with Crippen LogP contribution in [0.5, 0.6) is 5.75 Å². The van der Waals surface area contributed by atoms with Gasteiger partial charge in [-0.25, -0.2) is 4.79 Å². The predicted octanol–water partition coefficient (Wildman–Crippen LogP) is 3.15. The van der Waals surface area contributed by atoms with Crippen molar-refractivity contribution in [3.05, 3.63) is 58.6 Å². The van der Waals surface area contributed by atoms with Crippen LogP contribution in [0.2, 0.25) is 5.02 Å². The highest BCUT2D eigenvalue weighted by atomic mass is 35.5. The van der Waals surface area contributed by atoms with Gasteiger partial charge in [0.15, 0.2) is 6.61 Å². The summed E-state index contributed by atoms with van der Waals surface area (Å²) < 4.78 is 4.89. The zero-order valence-corrected chi connectivity index (χ0v) is 12.6. The molecule has 0 saturated carbocycles. The summed E-state index contributed by atoms with van der Waals surface area (Å²) in [5, 5.41) is 12.1. The second kappa shape index (κ2) is 6.95. The van der Waals surface area contributed by atoms with Crippen LogP contribution in [0.3, 0.4) is 0 Å². The fourth-order valence-corrected chi connectivity index (χ4v) is 2.00. The van der Waals surface area contributed by atoms with Gasteiger partial charge in [0.05, 0.1) is 16.3 Å². The molecule has 5 nitrogen and oxygen atoms in total. The molecule has 0 aliphatic carbocycles. The van der Waals surface area contributed by atoms with Crippen LogP contribution in [0.25, 0.3) is 0 Å². The molecule has 0 fully saturated rings. The summed E-state index contributed by atoms with van der Waals surface area (Å²) in [6, 6.07) is 10.8. The fourth-order valence-electron chi connectivity index (χ4n) is 1.72. The number of esters is 1. The van der Waals surface area contributed by atoms with Gasteiger partial charge in [-0.3, -0.25) is 4.79 Å². The van der Waals surface area contributed by atoms with Gasteiger partial charge in [-0.1, -0.05) is 17.7 Å². The lowest BCUT2D eigenvalue weighted by Gasteiger charge is -2.08. The molecule has 2 aromatic carbocycles. The van der Waals surface area contributed by atoms with E-state index in [1.807, 2.05) is 13.0 Å². The third kappa shape index (κ3) is 4.23. The Morgan fingerprint density at radius 3 is 2.50 bits per heavy atom. The Balaban J connectivity index is 1.89. The maximum Gasteiger partial charge on any atom is 0.338 e. The molecule has 0 saturated heterocycles. The van der Waals surface area contributed by atoms with Crippen LogP contribution >= 0.6 is 11.6 Å². The Bertz CT molecular complexity index is 698. The highest BCUT2D eigenvalue weighted by Crippen LogP contribution is 2.22. The molecule has 2 rings (SSSR count). The van der Waals surface area contributed by atoms with Crippen LogP contribution < -0.4 is 5.32 Å². The molecule has 2 aromatic rings. The summed E-state index contributed by atoms with van der Waals surface area (Å²) in [5.74, 6) is -1.09. The van der Waals surface area contributed by atoms with Gasteiger partial charge in [0.1, 0.15) is 5.75 Å². The summed E-state index contributed by atoms with van der Waals surface area (Å²) in [7, 11) is 0. The first-order valence-corrected chi connectivity index (χ1v) is 6.85. The number of phenolic OH excluding ortho intramolecular Hbond substituents is 1. The Morgan fingerprint density at radius 2 is 1.86 bits per heavy atom. The number of ether oxygens (including phenoxy) is 1. The molecule has 0 radical (unpaired) electrons. The third-order valence-corrected chi connectivity index (χ3v) is 3.15. The first kappa shape index (κ1) is 15.9. The lowest BCUT2D eigenvalue weighted by molar-refractivity contribution is -0.119. The topological polar surface area (TPSA) is 75.6 Å². The predicted molar refractivity (Wildman–Crippen MR) is 83.2 cm³/mol. The van der Waals surface area contributed by atoms with Crippen LogP contribution in [-0.2, 0) is 9.53 Å². The summed E-state index contributed by atoms with van der Waals surface area (Å²) in [6.07, 6.45) is 0. The maximum atomic E-state index is 11.8. The molecule has 22 heavy (non-hydrogen) atoms. The first-order chi connectivity index (χ1) is 10.5. The van der Waals surface area contributed by atoms with E-state index in [1.165, 1.54) is 24.3 Å². The van der Waals surface area contributed by atoms with E-state index in [0.717, 1.165) is 5.56 Å². The number of nitrogens with one attached hydrogen (secondary N) is 1. The van der Waals surface area contributed by atoms with E-state index < -0.39 is 18.5 Å². The van der Waals surface area contributed by atoms with Crippen molar-refractivity contribution >= 4 is 29.2 Å². The number of aryl methyl sites for hydroxylation is 1. The first-order valence-electron chi connectivity index (χ1n) is 6.48. The maximum absolute atomic E-state index is 11.8. The second-order valence-electron chi connectivity index (χ2n) is 4.65. The van der Waals surface area contributed by atoms with E-state index >= 15 is 0 Å². The number of phenols is 1. The van der Waals surface area contributed by atoms with Gasteiger partial charge >= 0.3 is 5.97 Å². The third-order valence-electron chi connectivity index (χ3n) is 2.84. The molecular formula is C16H14ClNO4. The summed E-state index contributed by atoms with van der Waals surface area (Å²) in [6.45, 7) is 1.46. The summed E-state index contributed by atoms with van der Waals surface area (Å²) in [5.41, 5.74) is 1.68. The van der Waals surface area contributed by atoms with Crippen molar-refractivity contribution in [3.63, 3.8) is 0 Å². The molecule has 0 bridgehead atoms. The van der Waals surface area contributed by atoms with Crippen molar-refractivity contribution in [1.82, 2.24) is 0 Å². The van der Waals surface area contributed by atoms with E-state index in [2.05, 4.69) is 5.32 Å². The Labute approximate surface area is 132 Å². The minimum Gasteiger partial charge on any atom is -0.508 e. The van der Waals surface area contributed by atoms with Crippen LogP contribution in [-0.4, -0.2) is 23.6 Å². The van der Waals surface area contributed by atoms with Crippen molar-refractivity contribution in [2.24, 2.45) is 0 Å². The molecule has 0 aliphatic heterocycles. The standard InChI is InChI=1S/C16H14ClNO4/c1-10-2-7-14(13(17)8-10)18-15(20)9-22-16(21)11-3-5-12(19)6-4-11/h2-8,19H,9H2,1H3,(H,18,20). The quantitative estimate of drug-likeness (QED) is 0.849. The summed E-state index contributed by atoms with van der Waals surface area (Å²) in [4.78, 5) is 23.5. The molecule has 0 heterocycles. The van der Waals surface area contributed by atoms with Gasteiger partial charge in [-0.05, 0) is 48.9 Å². The monoisotopic (exact) mass is 319 g/mol. The SMILES string of the molecule is Cc1ccc(NC(=O)COC(=O)c2ccc(O)cc2)c(Cl)c1. The number of hydrogen-bond donors (Lipinski definition) is 2. The molecule has 0 spiro atoms. The van der Waals surface area contributed by atoms with Crippen molar-refractivity contribution in [3.8, 4) is 5.75 Å². The van der Waals surface area contributed by atoms with Gasteiger partial charge < -0.3 is 15.2 Å². The molecule has 0 unspecified atom stereocenters. The molecule has 0 aromatic heterocycles. The van der Waals surface area contributed by atoms with Crippen LogP contribution in [0.4, 0.5) is 5.69 Å². The summed E-state index contributed by atoms with van der Waals surface area (Å²) >= 11 is 6.00. The number of anilines is 1. The molecular weight excluding hydrogens is 306 g/mol. The average Bonchev–Trinajstić information content (AvgIpc) is 2.48. The number of carbonyl (C=O) groups is 2. The van der Waals surface area contributed by atoms with Crippen LogP contribution in [0, 0.1) is 6.92 Å². The van der Waals surface area contributed by atoms with Gasteiger partial charge in [0, 0.05) is 0 Å². The van der Waals surface area contributed by atoms with E-state index in [0.29, 0.717) is 10.7 Å². The zero-order chi connectivity index (χ0) is 16.1. The molecule has 2 N–H and O–H groups in total. The number of halogens is 1. The Kier molecular flexibility index (Phi) is 5.01. The molecule has 0 aliphatic rings. The normalized spacial score (nSPS) is 10.1. The van der Waals surface area contributed by atoms with Gasteiger partial charge in [0.25, 0.3) is 5.91 Å². The van der Waals surface area contributed by atoms with Crippen molar-refractivity contribution < 1.29 is 19.4 Å². The number of hydrogen-bond acceptors (Lipinski definition) is 4. The molecule has 114 valence electrons. The van der Waals surface area contributed by atoms with E-state index in [1.54, 1.807) is 12.1 Å². The van der Waals surface area contributed by atoms with E-state index in [4.69, 9.17) is 21.4 Å². The van der Waals surface area contributed by atoms with Gasteiger partial charge in [-0.2, -0.15) is 0 Å². The smallest absolute Gasteiger partial charge is 0.338 e. The van der Waals surface area contributed by atoms with Crippen molar-refractivity contribution in [2.75, 3.05) is 11.9 Å². The number of amides is 1. The lowest BCUT2D eigenvalue weighted by atomic mass is 10.2. The van der Waals surface area contributed by atoms with E-state index in [-0.39, 0.29) is 11.3 Å². The van der Waals surface area contributed by atoms with Crippen molar-refractivity contribution in [2.45, 2.75) is 6.92 Å². The molecule has 0 atom stereocenters. The number of aromatic hydroxyl groups is 1.